The van der Waals surface area contributed by atoms with Gasteiger partial charge in [0.05, 0.1) is 0 Å². The predicted molar refractivity (Wildman–Crippen MR) is 211 cm³/mol. The first-order valence-corrected chi connectivity index (χ1v) is 17.4. The Morgan fingerprint density at radius 2 is 0.885 bits per heavy atom. The highest BCUT2D eigenvalue weighted by Crippen LogP contribution is 2.42. The minimum absolute atomic E-state index is 0.574. The van der Waals surface area contributed by atoms with Crippen LogP contribution in [0.5, 0.6) is 0 Å². The molecule has 0 amide bonds. The summed E-state index contributed by atoms with van der Waals surface area (Å²) < 4.78 is 13.0. The zero-order chi connectivity index (χ0) is 34.2. The Bertz CT molecular complexity index is 3190. The van der Waals surface area contributed by atoms with Crippen molar-refractivity contribution in [3.05, 3.63) is 164 Å². The van der Waals surface area contributed by atoms with Gasteiger partial charge in [0.15, 0.2) is 17.5 Å². The van der Waals surface area contributed by atoms with Gasteiger partial charge in [0.25, 0.3) is 0 Å². The van der Waals surface area contributed by atoms with Gasteiger partial charge in [0.1, 0.15) is 22.3 Å². The highest BCUT2D eigenvalue weighted by atomic mass is 16.3. The Hall–Kier alpha value is -7.11. The lowest BCUT2D eigenvalue weighted by Crippen LogP contribution is -2.00. The average molecular weight is 666 g/mol. The fraction of sp³-hybridized carbons (Fsp3) is 0. The monoisotopic (exact) mass is 665 g/mol. The van der Waals surface area contributed by atoms with E-state index >= 15 is 0 Å². The number of hydrogen-bond donors (Lipinski definition) is 0. The summed E-state index contributed by atoms with van der Waals surface area (Å²) in [4.78, 5) is 15.4. The summed E-state index contributed by atoms with van der Waals surface area (Å²) in [5.41, 5.74) is 8.04. The molecule has 5 heteroatoms. The molecule has 8 aromatic carbocycles. The molecule has 0 fully saturated rings. The van der Waals surface area contributed by atoms with Crippen molar-refractivity contribution >= 4 is 65.4 Å². The van der Waals surface area contributed by atoms with E-state index in [9.17, 15) is 0 Å². The maximum Gasteiger partial charge on any atom is 0.164 e. The van der Waals surface area contributed by atoms with Gasteiger partial charge in [0, 0.05) is 43.8 Å². The van der Waals surface area contributed by atoms with Crippen LogP contribution in [0.3, 0.4) is 0 Å². The van der Waals surface area contributed by atoms with Crippen LogP contribution < -0.4 is 0 Å². The Labute approximate surface area is 297 Å². The second kappa shape index (κ2) is 11.2. The molecule has 0 spiro atoms. The van der Waals surface area contributed by atoms with Gasteiger partial charge in [-0.2, -0.15) is 0 Å². The van der Waals surface area contributed by atoms with Gasteiger partial charge in [-0.3, -0.25) is 0 Å². The number of rotatable bonds is 4. The van der Waals surface area contributed by atoms with Crippen molar-refractivity contribution in [1.29, 1.82) is 0 Å². The predicted octanol–water partition coefficient (Wildman–Crippen LogP) is 12.6. The van der Waals surface area contributed by atoms with E-state index in [0.29, 0.717) is 17.5 Å². The molecular weight excluding hydrogens is 639 g/mol. The van der Waals surface area contributed by atoms with E-state index in [1.54, 1.807) is 0 Å². The van der Waals surface area contributed by atoms with E-state index in [-0.39, 0.29) is 0 Å². The molecule has 0 aliphatic heterocycles. The van der Waals surface area contributed by atoms with Crippen LogP contribution in [-0.2, 0) is 0 Å². The zero-order valence-electron chi connectivity index (χ0n) is 27.7. The third kappa shape index (κ3) is 4.39. The molecule has 5 nitrogen and oxygen atoms in total. The number of fused-ring (bicyclic) bond motifs is 9. The van der Waals surface area contributed by atoms with Crippen LogP contribution in [0.2, 0.25) is 0 Å². The number of para-hydroxylation sites is 2. The van der Waals surface area contributed by atoms with E-state index in [1.807, 2.05) is 72.8 Å². The third-order valence-electron chi connectivity index (χ3n) is 10.1. The normalized spacial score (nSPS) is 11.8. The number of benzene rings is 8. The molecule has 3 heterocycles. The van der Waals surface area contributed by atoms with Crippen LogP contribution in [0.15, 0.2) is 173 Å². The summed E-state index contributed by atoms with van der Waals surface area (Å²) in [6, 6.07) is 56.3. The van der Waals surface area contributed by atoms with Crippen molar-refractivity contribution < 1.29 is 8.83 Å². The van der Waals surface area contributed by atoms with Crippen molar-refractivity contribution in [1.82, 2.24) is 15.0 Å². The minimum Gasteiger partial charge on any atom is -0.456 e. The summed E-state index contributed by atoms with van der Waals surface area (Å²) in [5.74, 6) is 1.75. The molecule has 0 unspecified atom stereocenters. The van der Waals surface area contributed by atoms with E-state index in [1.165, 1.54) is 21.5 Å². The van der Waals surface area contributed by atoms with Gasteiger partial charge in [0.2, 0.25) is 0 Å². The lowest BCUT2D eigenvalue weighted by molar-refractivity contribution is 0.669. The molecular formula is C47H27N3O2. The van der Waals surface area contributed by atoms with Gasteiger partial charge in [-0.1, -0.05) is 140 Å². The minimum atomic E-state index is 0.574. The highest BCUT2D eigenvalue weighted by Gasteiger charge is 2.21. The average Bonchev–Trinajstić information content (AvgIpc) is 3.80. The number of hydrogen-bond acceptors (Lipinski definition) is 5. The van der Waals surface area contributed by atoms with E-state index in [2.05, 4.69) is 91.0 Å². The molecule has 0 atom stereocenters. The number of aromatic nitrogens is 3. The lowest BCUT2D eigenvalue weighted by Gasteiger charge is -2.10. The second-order valence-electron chi connectivity index (χ2n) is 13.1. The quantitative estimate of drug-likeness (QED) is 0.175. The molecule has 0 saturated heterocycles. The fourth-order valence-corrected chi connectivity index (χ4v) is 7.73. The van der Waals surface area contributed by atoms with Crippen LogP contribution in [-0.4, -0.2) is 15.0 Å². The topological polar surface area (TPSA) is 65.0 Å². The molecule has 52 heavy (non-hydrogen) atoms. The lowest BCUT2D eigenvalue weighted by atomic mass is 9.96. The molecule has 0 N–H and O–H groups in total. The van der Waals surface area contributed by atoms with Gasteiger partial charge >= 0.3 is 0 Å². The maximum atomic E-state index is 6.74. The fourth-order valence-electron chi connectivity index (χ4n) is 7.73. The van der Waals surface area contributed by atoms with Gasteiger partial charge in [-0.05, 0) is 51.4 Å². The molecule has 0 aliphatic carbocycles. The maximum absolute atomic E-state index is 6.74. The molecule has 0 radical (unpaired) electrons. The van der Waals surface area contributed by atoms with Crippen LogP contribution in [0.25, 0.3) is 111 Å². The smallest absolute Gasteiger partial charge is 0.164 e. The molecule has 242 valence electrons. The molecule has 11 aromatic rings. The number of furan rings is 2. The Morgan fingerprint density at radius 1 is 0.327 bits per heavy atom. The van der Waals surface area contributed by atoms with Crippen LogP contribution >= 0.6 is 0 Å². The van der Waals surface area contributed by atoms with Gasteiger partial charge in [-0.25, -0.2) is 15.0 Å². The SMILES string of the molecule is c1ccc(-c2nc(-c3cccc4oc5ccccc5c34)nc(-c3cccc4oc5c(-c6ccc7ccc8ccccc8c7c6)cccc5c34)n2)cc1. The molecule has 0 bridgehead atoms. The van der Waals surface area contributed by atoms with Crippen LogP contribution in [0.4, 0.5) is 0 Å². The first-order valence-electron chi connectivity index (χ1n) is 17.4. The summed E-state index contributed by atoms with van der Waals surface area (Å²) in [5, 5.41) is 8.86. The Kier molecular flexibility index (Phi) is 6.18. The summed E-state index contributed by atoms with van der Waals surface area (Å²) in [7, 11) is 0. The van der Waals surface area contributed by atoms with Crippen LogP contribution in [0.1, 0.15) is 0 Å². The first-order chi connectivity index (χ1) is 25.8. The van der Waals surface area contributed by atoms with E-state index < -0.39 is 0 Å². The zero-order valence-corrected chi connectivity index (χ0v) is 27.7. The van der Waals surface area contributed by atoms with Crippen molar-refractivity contribution in [2.75, 3.05) is 0 Å². The Balaban J connectivity index is 1.15. The van der Waals surface area contributed by atoms with E-state index in [0.717, 1.165) is 71.7 Å². The molecule has 0 saturated carbocycles. The van der Waals surface area contributed by atoms with Crippen molar-refractivity contribution in [3.63, 3.8) is 0 Å². The van der Waals surface area contributed by atoms with Crippen molar-refractivity contribution in [3.8, 4) is 45.3 Å². The Morgan fingerprint density at radius 3 is 1.69 bits per heavy atom. The summed E-state index contributed by atoms with van der Waals surface area (Å²) >= 11 is 0. The van der Waals surface area contributed by atoms with Gasteiger partial charge < -0.3 is 8.83 Å². The van der Waals surface area contributed by atoms with Crippen molar-refractivity contribution in [2.24, 2.45) is 0 Å². The molecule has 3 aromatic heterocycles. The molecule has 11 rings (SSSR count). The standard InChI is InChI=1S/C47H27N3O2/c1-2-12-30(13-3-1)45-48-46(36-18-9-21-40-42(36)34-15-6-7-20-39(34)51-40)50-47(49-45)37-19-10-22-41-43(37)35-17-8-16-33(44(35)52-41)31-26-25-29-24-23-28-11-4-5-14-32(28)38(29)27-31/h1-27H. The van der Waals surface area contributed by atoms with Gasteiger partial charge in [-0.15, -0.1) is 0 Å². The largest absolute Gasteiger partial charge is 0.456 e. The van der Waals surface area contributed by atoms with E-state index in [4.69, 9.17) is 23.8 Å². The first kappa shape index (κ1) is 28.7. The number of nitrogens with zero attached hydrogens (tertiary/aromatic N) is 3. The van der Waals surface area contributed by atoms with Crippen LogP contribution in [0, 0.1) is 0 Å². The second-order valence-corrected chi connectivity index (χ2v) is 13.1. The van der Waals surface area contributed by atoms with Crippen molar-refractivity contribution in [2.45, 2.75) is 0 Å². The third-order valence-corrected chi connectivity index (χ3v) is 10.1. The molecule has 0 aliphatic rings. The summed E-state index contributed by atoms with van der Waals surface area (Å²) in [6.07, 6.45) is 0. The highest BCUT2D eigenvalue weighted by molar-refractivity contribution is 6.16. The summed E-state index contributed by atoms with van der Waals surface area (Å²) in [6.45, 7) is 0.